The predicted octanol–water partition coefficient (Wildman–Crippen LogP) is 2.26. The Kier molecular flexibility index (Phi) is 12.9. The van der Waals surface area contributed by atoms with Crippen LogP contribution in [0.4, 0.5) is 0 Å². The number of amides is 3. The van der Waals surface area contributed by atoms with Crippen molar-refractivity contribution in [1.82, 2.24) is 10.6 Å². The molecule has 0 radical (unpaired) electrons. The molecule has 0 spiro atoms. The van der Waals surface area contributed by atoms with Crippen molar-refractivity contribution in [3.05, 3.63) is 37.0 Å². The van der Waals surface area contributed by atoms with Gasteiger partial charge in [-0.1, -0.05) is 59.1 Å². The van der Waals surface area contributed by atoms with E-state index in [4.69, 9.17) is 0 Å². The Bertz CT molecular complexity index is 412. The van der Waals surface area contributed by atoms with Crippen molar-refractivity contribution >= 4 is 17.7 Å². The third kappa shape index (κ3) is 7.87. The summed E-state index contributed by atoms with van der Waals surface area (Å²) in [6.45, 7) is 15.0. The summed E-state index contributed by atoms with van der Waals surface area (Å²) in [5.74, 6) is -1.20. The highest BCUT2D eigenvalue weighted by Crippen LogP contribution is 2.06. The smallest absolute Gasteiger partial charge is 0.251 e. The molecule has 0 aromatic rings. The molecule has 3 amide bonds. The first kappa shape index (κ1) is 21.1. The normalized spacial score (nSPS) is 17.1. The van der Waals surface area contributed by atoms with Crippen molar-refractivity contribution in [1.29, 1.82) is 0 Å². The minimum atomic E-state index is -0.673. The quantitative estimate of drug-likeness (QED) is 0.474. The topological polar surface area (TPSA) is 75.3 Å². The number of hydrogen-bond acceptors (Lipinski definition) is 3. The minimum absolute atomic E-state index is 0.227. The lowest BCUT2D eigenvalue weighted by atomic mass is 10.1. The van der Waals surface area contributed by atoms with Crippen molar-refractivity contribution in [2.24, 2.45) is 0 Å². The molecule has 0 bridgehead atoms. The molecular weight excluding hydrogens is 268 g/mol. The van der Waals surface area contributed by atoms with Gasteiger partial charge in [-0.15, -0.1) is 0 Å². The number of imide groups is 1. The van der Waals surface area contributed by atoms with Gasteiger partial charge in [0, 0.05) is 12.0 Å². The van der Waals surface area contributed by atoms with Crippen LogP contribution < -0.4 is 10.6 Å². The number of piperidine rings is 1. The van der Waals surface area contributed by atoms with Crippen LogP contribution in [-0.4, -0.2) is 23.8 Å². The fraction of sp³-hybridized carbons (Fsp3) is 0.438. The van der Waals surface area contributed by atoms with E-state index in [0.29, 0.717) is 12.0 Å². The molecule has 1 fully saturated rings. The molecule has 1 saturated heterocycles. The van der Waals surface area contributed by atoms with Crippen LogP contribution >= 0.6 is 0 Å². The van der Waals surface area contributed by atoms with E-state index >= 15 is 0 Å². The van der Waals surface area contributed by atoms with Crippen molar-refractivity contribution < 1.29 is 14.4 Å². The maximum absolute atomic E-state index is 11.7. The molecule has 1 unspecified atom stereocenters. The van der Waals surface area contributed by atoms with Crippen molar-refractivity contribution in [3.63, 3.8) is 0 Å². The molecule has 21 heavy (non-hydrogen) atoms. The Labute approximate surface area is 127 Å². The van der Waals surface area contributed by atoms with E-state index in [1.54, 1.807) is 0 Å². The Morgan fingerprint density at radius 3 is 2.24 bits per heavy atom. The zero-order valence-corrected chi connectivity index (χ0v) is 13.4. The van der Waals surface area contributed by atoms with E-state index in [1.807, 2.05) is 27.7 Å². The monoisotopic (exact) mass is 294 g/mol. The average Bonchev–Trinajstić information content (AvgIpc) is 2.51. The van der Waals surface area contributed by atoms with Gasteiger partial charge in [0.25, 0.3) is 5.91 Å². The third-order valence-corrected chi connectivity index (χ3v) is 2.32. The first-order valence-corrected chi connectivity index (χ1v) is 7.18. The van der Waals surface area contributed by atoms with Gasteiger partial charge >= 0.3 is 0 Å². The Morgan fingerprint density at radius 1 is 1.24 bits per heavy atom. The lowest BCUT2D eigenvalue weighted by Gasteiger charge is -2.21. The fourth-order valence-corrected chi connectivity index (χ4v) is 1.44. The Hall–Kier alpha value is -2.17. The van der Waals surface area contributed by atoms with Gasteiger partial charge in [0.2, 0.25) is 11.8 Å². The van der Waals surface area contributed by atoms with E-state index < -0.39 is 17.9 Å². The average molecular weight is 294 g/mol. The highest BCUT2D eigenvalue weighted by molar-refractivity contribution is 6.04. The molecule has 5 heteroatoms. The van der Waals surface area contributed by atoms with Gasteiger partial charge in [-0.2, -0.15) is 0 Å². The van der Waals surface area contributed by atoms with Crippen LogP contribution in [0.3, 0.4) is 0 Å². The van der Waals surface area contributed by atoms with Gasteiger partial charge in [0.15, 0.2) is 0 Å². The molecule has 5 nitrogen and oxygen atoms in total. The highest BCUT2D eigenvalue weighted by atomic mass is 16.2. The van der Waals surface area contributed by atoms with Crippen LogP contribution in [0.25, 0.3) is 0 Å². The largest absolute Gasteiger partial charge is 0.340 e. The summed E-state index contributed by atoms with van der Waals surface area (Å²) in [5, 5.41) is 4.70. The molecular formula is C16H26N2O3. The van der Waals surface area contributed by atoms with Gasteiger partial charge in [-0.3, -0.25) is 19.7 Å². The number of nitrogens with one attached hydrogen (secondary N) is 2. The van der Waals surface area contributed by atoms with Crippen LogP contribution in [0.5, 0.6) is 0 Å². The first-order chi connectivity index (χ1) is 10.1. The van der Waals surface area contributed by atoms with E-state index in [-0.39, 0.29) is 12.3 Å². The minimum Gasteiger partial charge on any atom is -0.340 e. The Morgan fingerprint density at radius 2 is 1.81 bits per heavy atom. The predicted molar refractivity (Wildman–Crippen MR) is 85.5 cm³/mol. The summed E-state index contributed by atoms with van der Waals surface area (Å²) in [7, 11) is 0. The lowest BCUT2D eigenvalue weighted by molar-refractivity contribution is -0.136. The zero-order chi connectivity index (χ0) is 16.8. The number of carbonyl (C=O) groups excluding carboxylic acids is 3. The van der Waals surface area contributed by atoms with Crippen molar-refractivity contribution in [3.8, 4) is 0 Å². The number of allylic oxidation sites excluding steroid dienone is 2. The number of rotatable bonds is 4. The molecule has 1 atom stereocenters. The van der Waals surface area contributed by atoms with Gasteiger partial charge in [-0.25, -0.2) is 0 Å². The third-order valence-electron chi connectivity index (χ3n) is 2.32. The second-order valence-corrected chi connectivity index (χ2v) is 3.54. The second kappa shape index (κ2) is 12.8. The van der Waals surface area contributed by atoms with E-state index in [0.717, 1.165) is 0 Å². The van der Waals surface area contributed by atoms with Gasteiger partial charge in [-0.05, 0) is 6.42 Å². The Balaban J connectivity index is 0. The van der Waals surface area contributed by atoms with Crippen LogP contribution in [0.15, 0.2) is 37.0 Å². The molecule has 0 aliphatic carbocycles. The molecule has 2 N–H and O–H groups in total. The number of carbonyl (C=O) groups is 3. The second-order valence-electron chi connectivity index (χ2n) is 3.54. The van der Waals surface area contributed by atoms with Crippen LogP contribution in [0.2, 0.25) is 0 Å². The maximum atomic E-state index is 11.7. The molecule has 0 saturated carbocycles. The summed E-state index contributed by atoms with van der Waals surface area (Å²) < 4.78 is 0. The van der Waals surface area contributed by atoms with E-state index in [9.17, 15) is 14.4 Å². The maximum Gasteiger partial charge on any atom is 0.251 e. The lowest BCUT2D eigenvalue weighted by Crippen LogP contribution is -2.52. The molecule has 1 aliphatic heterocycles. The summed E-state index contributed by atoms with van der Waals surface area (Å²) in [5.41, 5.74) is 0.324. The van der Waals surface area contributed by atoms with E-state index in [1.165, 1.54) is 18.2 Å². The summed E-state index contributed by atoms with van der Waals surface area (Å²) in [4.78, 5) is 34.0. The molecule has 0 aromatic carbocycles. The van der Waals surface area contributed by atoms with Gasteiger partial charge < -0.3 is 5.32 Å². The molecule has 0 aromatic heterocycles. The molecule has 1 rings (SSSR count). The highest BCUT2D eigenvalue weighted by Gasteiger charge is 2.27. The van der Waals surface area contributed by atoms with E-state index in [2.05, 4.69) is 23.8 Å². The van der Waals surface area contributed by atoms with Crippen molar-refractivity contribution in [2.45, 2.75) is 46.6 Å². The van der Waals surface area contributed by atoms with Crippen LogP contribution in [0.1, 0.15) is 40.5 Å². The molecule has 1 heterocycles. The fourth-order valence-electron chi connectivity index (χ4n) is 1.44. The summed E-state index contributed by atoms with van der Waals surface area (Å²) >= 11 is 0. The molecule has 118 valence electrons. The molecule has 1 aliphatic rings. The summed E-state index contributed by atoms with van der Waals surface area (Å²) in [6, 6.07) is -0.673. The van der Waals surface area contributed by atoms with Crippen molar-refractivity contribution in [2.75, 3.05) is 0 Å². The number of hydrogen-bond donors (Lipinski definition) is 2. The van der Waals surface area contributed by atoms with Crippen LogP contribution in [-0.2, 0) is 14.4 Å². The first-order valence-electron chi connectivity index (χ1n) is 7.18. The van der Waals surface area contributed by atoms with Gasteiger partial charge in [0.1, 0.15) is 6.04 Å². The van der Waals surface area contributed by atoms with Crippen LogP contribution in [0, 0.1) is 0 Å². The standard InChI is InChI=1S/C12H14N2O3.2C2H6/c1-3-5-8(4-2)11(16)13-9-6-7-10(15)14-12(9)17;2*1-2/h3-5,9H,1-2,6-7H2,(H,13,16)(H,14,15,17);2*1-2H3/b8-5+;;. The zero-order valence-electron chi connectivity index (χ0n) is 13.4. The SMILES string of the molecule is C=C/C=C(\C=C)C(=O)NC1CCC(=O)NC1=O.CC.CC. The van der Waals surface area contributed by atoms with Gasteiger partial charge in [0.05, 0.1) is 0 Å². The summed E-state index contributed by atoms with van der Waals surface area (Å²) in [6.07, 6.45) is 4.87.